The molecule has 1 aromatic carbocycles. The molecule has 2 aromatic rings. The van der Waals surface area contributed by atoms with Gasteiger partial charge in [-0.1, -0.05) is 18.2 Å². The minimum absolute atomic E-state index is 0.774. The molecule has 86 valence electrons. The minimum atomic E-state index is 0.774. The molecule has 0 spiro atoms. The third-order valence-electron chi connectivity index (χ3n) is 2.68. The molecular weight excluding hydrogens is 200 g/mol. The van der Waals surface area contributed by atoms with Gasteiger partial charge in [-0.05, 0) is 32.0 Å². The maximum atomic E-state index is 5.47. The van der Waals surface area contributed by atoms with Crippen LogP contribution in [0.15, 0.2) is 34.9 Å². The Labute approximate surface area is 95.6 Å². The smallest absolute Gasteiger partial charge is 0.134 e. The Kier molecular flexibility index (Phi) is 3.97. The Balaban J connectivity index is 1.89. The van der Waals surface area contributed by atoms with E-state index in [-0.39, 0.29) is 0 Å². The molecule has 0 amide bonds. The highest BCUT2D eigenvalue weighted by atomic mass is 16.3. The maximum Gasteiger partial charge on any atom is 0.134 e. The molecule has 0 bridgehead atoms. The van der Waals surface area contributed by atoms with Crippen molar-refractivity contribution in [2.45, 2.75) is 19.4 Å². The standard InChI is InChI=1S/C13H18N2O/c14-7-3-4-8-15-9-11-10-16-13-6-2-1-5-12(11)13/h1-2,5-6,10,15H,3-4,7-9,14H2. The van der Waals surface area contributed by atoms with E-state index in [1.54, 1.807) is 0 Å². The fourth-order valence-electron chi connectivity index (χ4n) is 1.79. The minimum Gasteiger partial charge on any atom is -0.464 e. The third kappa shape index (κ3) is 2.62. The SMILES string of the molecule is NCCCCNCc1coc2ccccc12. The van der Waals surface area contributed by atoms with Crippen LogP contribution in [0.3, 0.4) is 0 Å². The molecular formula is C13H18N2O. The van der Waals surface area contributed by atoms with E-state index in [1.807, 2.05) is 24.5 Å². The van der Waals surface area contributed by atoms with Gasteiger partial charge in [0, 0.05) is 17.5 Å². The van der Waals surface area contributed by atoms with E-state index in [1.165, 1.54) is 10.9 Å². The summed E-state index contributed by atoms with van der Waals surface area (Å²) in [6.07, 6.45) is 4.05. The van der Waals surface area contributed by atoms with Crippen molar-refractivity contribution in [3.8, 4) is 0 Å². The van der Waals surface area contributed by atoms with Gasteiger partial charge in [-0.15, -0.1) is 0 Å². The van der Waals surface area contributed by atoms with Crippen molar-refractivity contribution in [1.82, 2.24) is 5.32 Å². The average Bonchev–Trinajstić information content (AvgIpc) is 2.73. The van der Waals surface area contributed by atoms with Gasteiger partial charge < -0.3 is 15.5 Å². The zero-order valence-corrected chi connectivity index (χ0v) is 9.41. The number of fused-ring (bicyclic) bond motifs is 1. The summed E-state index contributed by atoms with van der Waals surface area (Å²) >= 11 is 0. The van der Waals surface area contributed by atoms with Crippen LogP contribution in [0.5, 0.6) is 0 Å². The molecule has 3 N–H and O–H groups in total. The first kappa shape index (κ1) is 11.2. The number of unbranched alkanes of at least 4 members (excludes halogenated alkanes) is 1. The third-order valence-corrected chi connectivity index (χ3v) is 2.68. The summed E-state index contributed by atoms with van der Waals surface area (Å²) in [5, 5.41) is 4.60. The number of hydrogen-bond acceptors (Lipinski definition) is 3. The fraction of sp³-hybridized carbons (Fsp3) is 0.385. The summed E-state index contributed by atoms with van der Waals surface area (Å²) in [5.74, 6) is 0. The summed E-state index contributed by atoms with van der Waals surface area (Å²) in [6.45, 7) is 2.65. The van der Waals surface area contributed by atoms with E-state index in [2.05, 4.69) is 11.4 Å². The fourth-order valence-corrected chi connectivity index (χ4v) is 1.79. The molecule has 0 atom stereocenters. The van der Waals surface area contributed by atoms with Gasteiger partial charge in [-0.2, -0.15) is 0 Å². The van der Waals surface area contributed by atoms with Crippen molar-refractivity contribution >= 4 is 11.0 Å². The molecule has 3 nitrogen and oxygen atoms in total. The Morgan fingerprint density at radius 2 is 2.06 bits per heavy atom. The highest BCUT2D eigenvalue weighted by molar-refractivity contribution is 5.80. The molecule has 0 unspecified atom stereocenters. The average molecular weight is 218 g/mol. The highest BCUT2D eigenvalue weighted by Gasteiger charge is 2.03. The number of benzene rings is 1. The van der Waals surface area contributed by atoms with Gasteiger partial charge in [0.15, 0.2) is 0 Å². The van der Waals surface area contributed by atoms with Crippen molar-refractivity contribution < 1.29 is 4.42 Å². The molecule has 0 fully saturated rings. The lowest BCUT2D eigenvalue weighted by atomic mass is 10.2. The lowest BCUT2D eigenvalue weighted by Crippen LogP contribution is -2.15. The second-order valence-corrected chi connectivity index (χ2v) is 3.93. The summed E-state index contributed by atoms with van der Waals surface area (Å²) in [4.78, 5) is 0. The molecule has 3 heteroatoms. The van der Waals surface area contributed by atoms with Crippen molar-refractivity contribution in [3.05, 3.63) is 36.1 Å². The van der Waals surface area contributed by atoms with Crippen molar-refractivity contribution in [1.29, 1.82) is 0 Å². The van der Waals surface area contributed by atoms with Crippen molar-refractivity contribution in [2.24, 2.45) is 5.73 Å². The zero-order valence-electron chi connectivity index (χ0n) is 9.41. The first-order valence-electron chi connectivity index (χ1n) is 5.77. The molecule has 16 heavy (non-hydrogen) atoms. The van der Waals surface area contributed by atoms with Gasteiger partial charge in [0.1, 0.15) is 5.58 Å². The van der Waals surface area contributed by atoms with Gasteiger partial charge in [0.25, 0.3) is 0 Å². The Morgan fingerprint density at radius 1 is 1.19 bits per heavy atom. The number of furan rings is 1. The molecule has 1 heterocycles. The van der Waals surface area contributed by atoms with Gasteiger partial charge in [-0.3, -0.25) is 0 Å². The number of nitrogens with one attached hydrogen (secondary N) is 1. The quantitative estimate of drug-likeness (QED) is 0.731. The first-order chi connectivity index (χ1) is 7.92. The van der Waals surface area contributed by atoms with Crippen molar-refractivity contribution in [2.75, 3.05) is 13.1 Å². The summed E-state index contributed by atoms with van der Waals surface area (Å²) in [7, 11) is 0. The molecule has 0 radical (unpaired) electrons. The number of nitrogens with two attached hydrogens (primary N) is 1. The summed E-state index contributed by atoms with van der Waals surface area (Å²) in [6, 6.07) is 8.11. The van der Waals surface area contributed by atoms with Gasteiger partial charge in [-0.25, -0.2) is 0 Å². The van der Waals surface area contributed by atoms with Crippen LogP contribution in [-0.2, 0) is 6.54 Å². The molecule has 0 saturated heterocycles. The van der Waals surface area contributed by atoms with Crippen LogP contribution >= 0.6 is 0 Å². The Bertz CT molecular complexity index is 436. The van der Waals surface area contributed by atoms with Crippen LogP contribution in [0.25, 0.3) is 11.0 Å². The molecule has 1 aromatic heterocycles. The predicted octanol–water partition coefficient (Wildman–Crippen LogP) is 2.26. The predicted molar refractivity (Wildman–Crippen MR) is 66.2 cm³/mol. The Hall–Kier alpha value is -1.32. The van der Waals surface area contributed by atoms with Gasteiger partial charge in [0.05, 0.1) is 6.26 Å². The topological polar surface area (TPSA) is 51.2 Å². The zero-order chi connectivity index (χ0) is 11.2. The van der Waals surface area contributed by atoms with E-state index >= 15 is 0 Å². The van der Waals surface area contributed by atoms with Crippen LogP contribution in [-0.4, -0.2) is 13.1 Å². The molecule has 0 saturated carbocycles. The van der Waals surface area contributed by atoms with E-state index in [9.17, 15) is 0 Å². The van der Waals surface area contributed by atoms with Gasteiger partial charge in [0.2, 0.25) is 0 Å². The number of hydrogen-bond donors (Lipinski definition) is 2. The molecule has 2 rings (SSSR count). The summed E-state index contributed by atoms with van der Waals surface area (Å²) < 4.78 is 5.47. The monoisotopic (exact) mass is 218 g/mol. The number of rotatable bonds is 6. The van der Waals surface area contributed by atoms with Crippen LogP contribution in [0, 0.1) is 0 Å². The van der Waals surface area contributed by atoms with Crippen LogP contribution in [0.4, 0.5) is 0 Å². The van der Waals surface area contributed by atoms with Crippen LogP contribution < -0.4 is 11.1 Å². The Morgan fingerprint density at radius 3 is 2.94 bits per heavy atom. The molecule has 0 aliphatic carbocycles. The lowest BCUT2D eigenvalue weighted by molar-refractivity contribution is 0.594. The van der Waals surface area contributed by atoms with Crippen molar-refractivity contribution in [3.63, 3.8) is 0 Å². The summed E-state index contributed by atoms with van der Waals surface area (Å²) in [5.41, 5.74) is 7.62. The normalized spacial score (nSPS) is 11.1. The lowest BCUT2D eigenvalue weighted by Gasteiger charge is -2.02. The van der Waals surface area contributed by atoms with E-state index in [4.69, 9.17) is 10.2 Å². The second-order valence-electron chi connectivity index (χ2n) is 3.93. The largest absolute Gasteiger partial charge is 0.464 e. The number of para-hydroxylation sites is 1. The van der Waals surface area contributed by atoms with E-state index < -0.39 is 0 Å². The first-order valence-corrected chi connectivity index (χ1v) is 5.77. The molecule has 0 aliphatic heterocycles. The second kappa shape index (κ2) is 5.68. The van der Waals surface area contributed by atoms with E-state index in [0.717, 1.165) is 38.1 Å². The molecule has 0 aliphatic rings. The van der Waals surface area contributed by atoms with Crippen LogP contribution in [0.2, 0.25) is 0 Å². The highest BCUT2D eigenvalue weighted by Crippen LogP contribution is 2.20. The van der Waals surface area contributed by atoms with Crippen LogP contribution in [0.1, 0.15) is 18.4 Å². The van der Waals surface area contributed by atoms with E-state index in [0.29, 0.717) is 0 Å². The van der Waals surface area contributed by atoms with Gasteiger partial charge >= 0.3 is 0 Å². The maximum absolute atomic E-state index is 5.47.